The van der Waals surface area contributed by atoms with Crippen LogP contribution >= 0.6 is 0 Å². The van der Waals surface area contributed by atoms with E-state index in [1.807, 2.05) is 39.8 Å². The second kappa shape index (κ2) is 5.67. The molecule has 0 fully saturated rings. The van der Waals surface area contributed by atoms with E-state index in [1.165, 1.54) is 0 Å². The first kappa shape index (κ1) is 13.5. The van der Waals surface area contributed by atoms with E-state index in [0.717, 1.165) is 16.7 Å². The molecule has 0 aromatic heterocycles. The highest BCUT2D eigenvalue weighted by molar-refractivity contribution is 5.92. The lowest BCUT2D eigenvalue weighted by atomic mass is 10.00. The Morgan fingerprint density at radius 1 is 1.35 bits per heavy atom. The predicted molar refractivity (Wildman–Crippen MR) is 70.3 cm³/mol. The van der Waals surface area contributed by atoms with Gasteiger partial charge in [-0.15, -0.1) is 6.58 Å². The molecule has 1 rings (SSSR count). The fraction of sp³-hybridized carbons (Fsp3) is 0.400. The molecule has 0 bridgehead atoms. The average Bonchev–Trinajstić information content (AvgIpc) is 2.15. The minimum atomic E-state index is -0.241. The number of aryl methyl sites for hydroxylation is 3. The first-order valence-electron chi connectivity index (χ1n) is 5.85. The van der Waals surface area contributed by atoms with E-state index in [2.05, 4.69) is 6.58 Å². The largest absolute Gasteiger partial charge is 0.459 e. The first-order chi connectivity index (χ1) is 7.95. The molecule has 0 spiro atoms. The maximum atomic E-state index is 12.0. The summed E-state index contributed by atoms with van der Waals surface area (Å²) in [5.41, 5.74) is 3.79. The van der Waals surface area contributed by atoms with Crippen LogP contribution < -0.4 is 0 Å². The van der Waals surface area contributed by atoms with Crippen molar-refractivity contribution in [2.75, 3.05) is 0 Å². The van der Waals surface area contributed by atoms with Gasteiger partial charge in [-0.25, -0.2) is 4.79 Å². The predicted octanol–water partition coefficient (Wildman–Crippen LogP) is 3.73. The summed E-state index contributed by atoms with van der Waals surface area (Å²) >= 11 is 0. The van der Waals surface area contributed by atoms with E-state index in [4.69, 9.17) is 4.74 Å². The smallest absolute Gasteiger partial charge is 0.338 e. The molecule has 2 heteroatoms. The molecule has 17 heavy (non-hydrogen) atoms. The van der Waals surface area contributed by atoms with Crippen LogP contribution in [0.5, 0.6) is 0 Å². The van der Waals surface area contributed by atoms with Crippen LogP contribution in [0.25, 0.3) is 0 Å². The number of rotatable bonds is 4. The average molecular weight is 232 g/mol. The van der Waals surface area contributed by atoms with E-state index in [0.29, 0.717) is 12.0 Å². The Bertz CT molecular complexity index is 410. The van der Waals surface area contributed by atoms with E-state index in [-0.39, 0.29) is 12.1 Å². The van der Waals surface area contributed by atoms with Gasteiger partial charge in [0.1, 0.15) is 6.10 Å². The van der Waals surface area contributed by atoms with Gasteiger partial charge in [0.05, 0.1) is 5.56 Å². The van der Waals surface area contributed by atoms with Crippen molar-refractivity contribution in [1.29, 1.82) is 0 Å². The Labute approximate surface area is 103 Å². The molecule has 1 aromatic rings. The van der Waals surface area contributed by atoms with Crippen LogP contribution in [-0.2, 0) is 4.74 Å². The lowest BCUT2D eigenvalue weighted by Crippen LogP contribution is -2.16. The van der Waals surface area contributed by atoms with Gasteiger partial charge in [-0.3, -0.25) is 0 Å². The molecule has 0 N–H and O–H groups in total. The van der Waals surface area contributed by atoms with Gasteiger partial charge in [-0.1, -0.05) is 23.8 Å². The van der Waals surface area contributed by atoms with Gasteiger partial charge < -0.3 is 4.74 Å². The molecule has 0 saturated carbocycles. The number of benzene rings is 1. The van der Waals surface area contributed by atoms with Crippen molar-refractivity contribution in [1.82, 2.24) is 0 Å². The number of esters is 1. The highest BCUT2D eigenvalue weighted by Crippen LogP contribution is 2.18. The molecule has 1 atom stereocenters. The van der Waals surface area contributed by atoms with E-state index in [9.17, 15) is 4.79 Å². The van der Waals surface area contributed by atoms with Crippen molar-refractivity contribution >= 4 is 5.97 Å². The maximum absolute atomic E-state index is 12.0. The molecule has 0 aliphatic rings. The summed E-state index contributed by atoms with van der Waals surface area (Å²) < 4.78 is 5.37. The second-order valence-electron chi connectivity index (χ2n) is 4.51. The number of ether oxygens (including phenoxy) is 1. The SMILES string of the molecule is C=CC[C@H](C)OC(=O)c1c(C)cc(C)cc1C. The minimum Gasteiger partial charge on any atom is -0.459 e. The van der Waals surface area contributed by atoms with Gasteiger partial charge in [-0.2, -0.15) is 0 Å². The fourth-order valence-electron chi connectivity index (χ4n) is 2.03. The summed E-state index contributed by atoms with van der Waals surface area (Å²) in [6, 6.07) is 4.00. The number of carbonyl (C=O) groups is 1. The maximum Gasteiger partial charge on any atom is 0.338 e. The summed E-state index contributed by atoms with van der Waals surface area (Å²) in [6.07, 6.45) is 2.31. The third-order valence-electron chi connectivity index (χ3n) is 2.69. The van der Waals surface area contributed by atoms with Crippen LogP contribution in [0.2, 0.25) is 0 Å². The molecule has 0 amide bonds. The summed E-state index contributed by atoms with van der Waals surface area (Å²) in [7, 11) is 0. The fourth-order valence-corrected chi connectivity index (χ4v) is 2.03. The molecule has 0 heterocycles. The van der Waals surface area contributed by atoms with Crippen molar-refractivity contribution in [2.45, 2.75) is 40.2 Å². The Balaban J connectivity index is 2.93. The first-order valence-corrected chi connectivity index (χ1v) is 5.85. The van der Waals surface area contributed by atoms with Crippen LogP contribution in [0.1, 0.15) is 40.4 Å². The van der Waals surface area contributed by atoms with Crippen LogP contribution in [-0.4, -0.2) is 12.1 Å². The lowest BCUT2D eigenvalue weighted by Gasteiger charge is -2.14. The monoisotopic (exact) mass is 232 g/mol. The van der Waals surface area contributed by atoms with Gasteiger partial charge in [0.2, 0.25) is 0 Å². The van der Waals surface area contributed by atoms with Crippen LogP contribution in [0.3, 0.4) is 0 Å². The van der Waals surface area contributed by atoms with Gasteiger partial charge in [0.25, 0.3) is 0 Å². The zero-order valence-corrected chi connectivity index (χ0v) is 11.0. The molecule has 1 aromatic carbocycles. The number of hydrogen-bond acceptors (Lipinski definition) is 2. The number of hydrogen-bond donors (Lipinski definition) is 0. The zero-order valence-electron chi connectivity index (χ0n) is 11.0. The van der Waals surface area contributed by atoms with Crippen molar-refractivity contribution in [3.63, 3.8) is 0 Å². The quantitative estimate of drug-likeness (QED) is 0.584. The number of carbonyl (C=O) groups excluding carboxylic acids is 1. The van der Waals surface area contributed by atoms with Crippen LogP contribution in [0.15, 0.2) is 24.8 Å². The van der Waals surface area contributed by atoms with E-state index in [1.54, 1.807) is 6.08 Å². The Morgan fingerprint density at radius 2 is 1.88 bits per heavy atom. The van der Waals surface area contributed by atoms with E-state index >= 15 is 0 Å². The Hall–Kier alpha value is -1.57. The topological polar surface area (TPSA) is 26.3 Å². The summed E-state index contributed by atoms with van der Waals surface area (Å²) in [6.45, 7) is 11.4. The third kappa shape index (κ3) is 3.45. The van der Waals surface area contributed by atoms with Crippen LogP contribution in [0.4, 0.5) is 0 Å². The van der Waals surface area contributed by atoms with Crippen molar-refractivity contribution in [3.8, 4) is 0 Å². The Kier molecular flexibility index (Phi) is 4.50. The molecule has 0 unspecified atom stereocenters. The summed E-state index contributed by atoms with van der Waals surface area (Å²) in [4.78, 5) is 12.0. The normalized spacial score (nSPS) is 12.0. The lowest BCUT2D eigenvalue weighted by molar-refractivity contribution is 0.0346. The summed E-state index contributed by atoms with van der Waals surface area (Å²) in [5.74, 6) is -0.241. The highest BCUT2D eigenvalue weighted by Gasteiger charge is 2.16. The molecule has 0 aliphatic carbocycles. The van der Waals surface area contributed by atoms with Crippen LogP contribution in [0, 0.1) is 20.8 Å². The molecule has 2 nitrogen and oxygen atoms in total. The molecular weight excluding hydrogens is 212 g/mol. The van der Waals surface area contributed by atoms with Crippen molar-refractivity contribution in [2.24, 2.45) is 0 Å². The molecular formula is C15H20O2. The van der Waals surface area contributed by atoms with E-state index < -0.39 is 0 Å². The highest BCUT2D eigenvalue weighted by atomic mass is 16.5. The van der Waals surface area contributed by atoms with Gasteiger partial charge >= 0.3 is 5.97 Å². The second-order valence-corrected chi connectivity index (χ2v) is 4.51. The molecule has 92 valence electrons. The Morgan fingerprint density at radius 3 is 2.35 bits per heavy atom. The molecule has 0 saturated heterocycles. The minimum absolute atomic E-state index is 0.125. The summed E-state index contributed by atoms with van der Waals surface area (Å²) in [5, 5.41) is 0. The van der Waals surface area contributed by atoms with Crippen molar-refractivity contribution in [3.05, 3.63) is 47.0 Å². The third-order valence-corrected chi connectivity index (χ3v) is 2.69. The van der Waals surface area contributed by atoms with Crippen molar-refractivity contribution < 1.29 is 9.53 Å². The van der Waals surface area contributed by atoms with Gasteiger partial charge in [0, 0.05) is 6.42 Å². The van der Waals surface area contributed by atoms with Gasteiger partial charge in [-0.05, 0) is 38.8 Å². The zero-order chi connectivity index (χ0) is 13.0. The molecule has 0 aliphatic heterocycles. The standard InChI is InChI=1S/C15H20O2/c1-6-7-13(5)17-15(16)14-11(3)8-10(2)9-12(14)4/h6,8-9,13H,1,7H2,2-5H3/t13-/m0/s1. The molecule has 0 radical (unpaired) electrons. The van der Waals surface area contributed by atoms with Gasteiger partial charge in [0.15, 0.2) is 0 Å².